The first-order valence-corrected chi connectivity index (χ1v) is 11.0. The molecule has 0 bridgehead atoms. The van der Waals surface area contributed by atoms with E-state index in [0.29, 0.717) is 21.4 Å². The number of carbonyl (C=O) groups is 3. The van der Waals surface area contributed by atoms with Crippen LogP contribution < -0.4 is 16.2 Å². The molecular weight excluding hydrogens is 476 g/mol. The van der Waals surface area contributed by atoms with E-state index in [4.69, 9.17) is 21.1 Å². The zero-order chi connectivity index (χ0) is 25.1. The highest BCUT2D eigenvalue weighted by Gasteiger charge is 2.34. The number of benzene rings is 2. The summed E-state index contributed by atoms with van der Waals surface area (Å²) in [4.78, 5) is 50.5. The molecule has 0 radical (unpaired) electrons. The molecule has 1 unspecified atom stereocenters. The van der Waals surface area contributed by atoms with Crippen molar-refractivity contribution in [3.63, 3.8) is 0 Å². The third kappa shape index (κ3) is 4.87. The fraction of sp³-hybridized carbons (Fsp3) is 0.208. The van der Waals surface area contributed by atoms with E-state index in [-0.39, 0.29) is 29.1 Å². The van der Waals surface area contributed by atoms with E-state index in [9.17, 15) is 19.2 Å². The van der Waals surface area contributed by atoms with Crippen LogP contribution in [0.2, 0.25) is 5.02 Å². The Morgan fingerprint density at radius 3 is 2.40 bits per heavy atom. The van der Waals surface area contributed by atoms with Gasteiger partial charge in [0, 0.05) is 17.5 Å². The molecule has 3 aromatic rings. The molecule has 0 aliphatic carbocycles. The second-order valence-corrected chi connectivity index (χ2v) is 8.03. The number of aromatic nitrogens is 2. The lowest BCUT2D eigenvalue weighted by Crippen LogP contribution is -2.47. The minimum absolute atomic E-state index is 0.0645. The Morgan fingerprint density at radius 1 is 1.03 bits per heavy atom. The van der Waals surface area contributed by atoms with Crippen LogP contribution in [-0.2, 0) is 21.3 Å². The van der Waals surface area contributed by atoms with Crippen LogP contribution in [0.3, 0.4) is 0 Å². The number of urea groups is 1. The van der Waals surface area contributed by atoms with Gasteiger partial charge in [-0.05, 0) is 30.7 Å². The van der Waals surface area contributed by atoms with E-state index >= 15 is 0 Å². The van der Waals surface area contributed by atoms with Crippen molar-refractivity contribution < 1.29 is 23.9 Å². The number of amides is 2. The first kappa shape index (κ1) is 24.0. The summed E-state index contributed by atoms with van der Waals surface area (Å²) in [5.41, 5.74) is 0.299. The van der Waals surface area contributed by atoms with Gasteiger partial charge in [-0.2, -0.15) is 5.10 Å². The van der Waals surface area contributed by atoms with E-state index in [2.05, 4.69) is 15.7 Å². The molecular formula is C24H21ClN4O6. The summed E-state index contributed by atoms with van der Waals surface area (Å²) in [6.45, 7) is 1.31. The van der Waals surface area contributed by atoms with E-state index in [1.54, 1.807) is 55.5 Å². The largest absolute Gasteiger partial charge is 0.463 e. The second-order valence-electron chi connectivity index (χ2n) is 7.59. The number of hydrogen-bond donors (Lipinski definition) is 2. The molecule has 10 nitrogen and oxygen atoms in total. The predicted octanol–water partition coefficient (Wildman–Crippen LogP) is 2.62. The summed E-state index contributed by atoms with van der Waals surface area (Å²) in [7, 11) is 1.43. The molecule has 2 aromatic carbocycles. The van der Waals surface area contributed by atoms with Crippen molar-refractivity contribution in [2.75, 3.05) is 13.2 Å². The maximum Gasteiger partial charge on any atom is 0.359 e. The van der Waals surface area contributed by atoms with Crippen molar-refractivity contribution in [1.82, 2.24) is 20.4 Å². The van der Waals surface area contributed by atoms with E-state index in [0.717, 1.165) is 4.68 Å². The highest BCUT2D eigenvalue weighted by molar-refractivity contribution is 6.30. The SMILES string of the molecule is CCOC(=O)C1=C(COC(=O)c2nn(C)c(=O)c3ccccc23)NC(=O)NC1c1ccc(Cl)cc1. The Hall–Kier alpha value is -4.18. The quantitative estimate of drug-likeness (QED) is 0.502. The highest BCUT2D eigenvalue weighted by Crippen LogP contribution is 2.29. The number of ether oxygens (including phenoxy) is 2. The minimum atomic E-state index is -0.856. The molecule has 35 heavy (non-hydrogen) atoms. The predicted molar refractivity (Wildman–Crippen MR) is 127 cm³/mol. The fourth-order valence-corrected chi connectivity index (χ4v) is 3.87. The lowest BCUT2D eigenvalue weighted by Gasteiger charge is -2.29. The molecule has 4 rings (SSSR count). The second kappa shape index (κ2) is 9.98. The van der Waals surface area contributed by atoms with Gasteiger partial charge < -0.3 is 20.1 Å². The summed E-state index contributed by atoms with van der Waals surface area (Å²) in [5.74, 6) is -1.51. The molecule has 11 heteroatoms. The lowest BCUT2D eigenvalue weighted by atomic mass is 9.95. The number of aryl methyl sites for hydroxylation is 1. The molecule has 180 valence electrons. The Bertz CT molecular complexity index is 1410. The van der Waals surface area contributed by atoms with Crippen LogP contribution >= 0.6 is 11.6 Å². The first-order chi connectivity index (χ1) is 16.8. The number of halogens is 1. The summed E-state index contributed by atoms with van der Waals surface area (Å²) in [5, 5.41) is 10.4. The lowest BCUT2D eigenvalue weighted by molar-refractivity contribution is -0.139. The van der Waals surface area contributed by atoms with Crippen molar-refractivity contribution in [2.45, 2.75) is 13.0 Å². The number of carbonyl (C=O) groups excluding carboxylic acids is 3. The van der Waals surface area contributed by atoms with Crippen molar-refractivity contribution in [3.05, 3.63) is 86.4 Å². The summed E-state index contributed by atoms with van der Waals surface area (Å²) in [6.07, 6.45) is 0. The third-order valence-electron chi connectivity index (χ3n) is 5.35. The molecule has 2 N–H and O–H groups in total. The van der Waals surface area contributed by atoms with Crippen molar-refractivity contribution in [1.29, 1.82) is 0 Å². The topological polar surface area (TPSA) is 129 Å². The van der Waals surface area contributed by atoms with E-state index in [1.807, 2.05) is 0 Å². The molecule has 1 aromatic heterocycles. The smallest absolute Gasteiger partial charge is 0.359 e. The van der Waals surface area contributed by atoms with Crippen LogP contribution in [0.15, 0.2) is 64.6 Å². The van der Waals surface area contributed by atoms with Crippen LogP contribution in [0.4, 0.5) is 4.79 Å². The van der Waals surface area contributed by atoms with Gasteiger partial charge >= 0.3 is 18.0 Å². The van der Waals surface area contributed by atoms with Crippen LogP contribution in [0, 0.1) is 0 Å². The minimum Gasteiger partial charge on any atom is -0.463 e. The maximum atomic E-state index is 13.0. The van der Waals surface area contributed by atoms with Crippen LogP contribution in [-0.4, -0.2) is 41.0 Å². The average molecular weight is 497 g/mol. The number of rotatable bonds is 6. The molecule has 2 heterocycles. The zero-order valence-corrected chi connectivity index (χ0v) is 19.6. The van der Waals surface area contributed by atoms with Gasteiger partial charge in [-0.25, -0.2) is 19.1 Å². The molecule has 1 aliphatic rings. The van der Waals surface area contributed by atoms with Crippen LogP contribution in [0.25, 0.3) is 10.8 Å². The third-order valence-corrected chi connectivity index (χ3v) is 5.60. The summed E-state index contributed by atoms with van der Waals surface area (Å²) >= 11 is 5.97. The maximum absolute atomic E-state index is 13.0. The first-order valence-electron chi connectivity index (χ1n) is 10.7. The van der Waals surface area contributed by atoms with Crippen LogP contribution in [0.5, 0.6) is 0 Å². The van der Waals surface area contributed by atoms with E-state index < -0.39 is 30.6 Å². The van der Waals surface area contributed by atoms with Gasteiger partial charge in [0.1, 0.15) is 6.61 Å². The average Bonchev–Trinajstić information content (AvgIpc) is 2.85. The molecule has 1 aliphatic heterocycles. The molecule has 1 atom stereocenters. The van der Waals surface area contributed by atoms with Gasteiger partial charge in [0.2, 0.25) is 0 Å². The molecule has 0 spiro atoms. The fourth-order valence-electron chi connectivity index (χ4n) is 3.74. The number of nitrogens with one attached hydrogen (secondary N) is 2. The van der Waals surface area contributed by atoms with Crippen molar-refractivity contribution in [3.8, 4) is 0 Å². The number of hydrogen-bond acceptors (Lipinski definition) is 7. The normalized spacial score (nSPS) is 15.4. The Labute approximate surface area is 204 Å². The van der Waals surface area contributed by atoms with Crippen molar-refractivity contribution in [2.24, 2.45) is 7.05 Å². The highest BCUT2D eigenvalue weighted by atomic mass is 35.5. The number of esters is 2. The number of nitrogens with zero attached hydrogens (tertiary/aromatic N) is 2. The molecule has 0 saturated heterocycles. The van der Waals surface area contributed by atoms with Gasteiger partial charge in [0.15, 0.2) is 5.69 Å². The van der Waals surface area contributed by atoms with Crippen molar-refractivity contribution >= 4 is 40.3 Å². The molecule has 0 saturated carbocycles. The monoisotopic (exact) mass is 496 g/mol. The standard InChI is InChI=1S/C24H21ClN4O6/c1-3-34-22(31)18-17(26-24(33)27-19(18)13-8-10-14(25)11-9-13)12-35-23(32)20-15-6-4-5-7-16(15)21(30)29(2)28-20/h4-11,19H,3,12H2,1-2H3,(H2,26,27,33). The summed E-state index contributed by atoms with van der Waals surface area (Å²) in [6, 6.07) is 11.7. The van der Waals surface area contributed by atoms with Gasteiger partial charge in [-0.15, -0.1) is 0 Å². The summed E-state index contributed by atoms with van der Waals surface area (Å²) < 4.78 is 11.7. The van der Waals surface area contributed by atoms with E-state index in [1.165, 1.54) is 7.05 Å². The van der Waals surface area contributed by atoms with Crippen LogP contribution in [0.1, 0.15) is 29.0 Å². The van der Waals surface area contributed by atoms with Gasteiger partial charge in [-0.1, -0.05) is 41.9 Å². The number of fused-ring (bicyclic) bond motifs is 1. The Balaban J connectivity index is 1.70. The molecule has 2 amide bonds. The Kier molecular flexibility index (Phi) is 6.83. The zero-order valence-electron chi connectivity index (χ0n) is 18.8. The van der Waals surface area contributed by atoms with Gasteiger partial charge in [0.05, 0.1) is 29.3 Å². The molecule has 0 fully saturated rings. The Morgan fingerprint density at radius 2 is 1.71 bits per heavy atom. The van der Waals surface area contributed by atoms with Gasteiger partial charge in [-0.3, -0.25) is 4.79 Å². The van der Waals surface area contributed by atoms with Gasteiger partial charge in [0.25, 0.3) is 5.56 Å².